The number of hydrogen-bond acceptors (Lipinski definition) is 14. The van der Waals surface area contributed by atoms with Crippen LogP contribution in [-0.2, 0) is 0 Å². The maximum Gasteiger partial charge on any atom is 0.186 e. The molecule has 20 heteroatoms. The molecule has 8 heterocycles. The quantitative estimate of drug-likeness (QED) is 0.115. The smallest absolute Gasteiger partial charge is 0.186 e. The molecule has 0 atom stereocenters. The molecule has 8 N–H and O–H groups in total. The summed E-state index contributed by atoms with van der Waals surface area (Å²) < 4.78 is 0. The van der Waals surface area contributed by atoms with Gasteiger partial charge >= 0.3 is 0 Å². The Morgan fingerprint density at radius 2 is 0.978 bits per heavy atom. The number of nitrogens with zero attached hydrogens (tertiary/aromatic N) is 12. The minimum atomic E-state index is 0. The lowest BCUT2D eigenvalue weighted by Gasteiger charge is -1.91. The molecule has 0 saturated heterocycles. The van der Waals surface area contributed by atoms with Gasteiger partial charge in [0.15, 0.2) is 22.6 Å². The van der Waals surface area contributed by atoms with Crippen LogP contribution in [0.5, 0.6) is 0 Å². The molecular weight excluding hydrogens is 635 g/mol. The van der Waals surface area contributed by atoms with E-state index >= 15 is 0 Å². The van der Waals surface area contributed by atoms with Gasteiger partial charge in [0, 0.05) is 11.4 Å². The third-order valence-corrected chi connectivity index (χ3v) is 6.11. The Labute approximate surface area is 273 Å². The lowest BCUT2D eigenvalue weighted by molar-refractivity contribution is 1.05. The Morgan fingerprint density at radius 3 is 1.54 bits per heavy atom. The second-order valence-corrected chi connectivity index (χ2v) is 8.92. The van der Waals surface area contributed by atoms with Crippen molar-refractivity contribution in [3.8, 4) is 0 Å². The average molecular weight is 672 g/mol. The first-order valence-electron chi connectivity index (χ1n) is 11.7. The van der Waals surface area contributed by atoms with Crippen molar-refractivity contribution in [1.82, 2.24) is 80.7 Å². The number of aromatic nitrogens is 16. The van der Waals surface area contributed by atoms with Gasteiger partial charge in [0.05, 0.1) is 33.9 Å². The van der Waals surface area contributed by atoms with Crippen molar-refractivity contribution in [3.63, 3.8) is 0 Å². The van der Waals surface area contributed by atoms with Crippen LogP contribution in [0.15, 0.2) is 37.7 Å². The molecule has 0 spiro atoms. The second kappa shape index (κ2) is 17.0. The van der Waals surface area contributed by atoms with Gasteiger partial charge in [-0.2, -0.15) is 20.4 Å². The maximum atomic E-state index is 5.79. The van der Waals surface area contributed by atoms with Gasteiger partial charge in [-0.15, -0.1) is 0 Å². The van der Waals surface area contributed by atoms with E-state index in [-0.39, 0.29) is 29.7 Å². The summed E-state index contributed by atoms with van der Waals surface area (Å²) >= 11 is 11.5. The zero-order valence-corrected chi connectivity index (χ0v) is 23.3. The number of aryl methyl sites for hydroxylation is 2. The predicted octanol–water partition coefficient (Wildman–Crippen LogP) is 5.04. The van der Waals surface area contributed by atoms with Crippen LogP contribution in [-0.4, -0.2) is 80.7 Å². The van der Waals surface area contributed by atoms with E-state index in [1.807, 2.05) is 13.8 Å². The van der Waals surface area contributed by atoms with Crippen LogP contribution in [0.3, 0.4) is 0 Å². The van der Waals surface area contributed by atoms with Crippen molar-refractivity contribution in [2.45, 2.75) is 43.6 Å². The van der Waals surface area contributed by atoms with E-state index in [2.05, 4.69) is 80.7 Å². The third kappa shape index (κ3) is 8.30. The van der Waals surface area contributed by atoms with Gasteiger partial charge in [-0.3, -0.25) is 20.4 Å². The van der Waals surface area contributed by atoms with Gasteiger partial charge in [-0.05, 0) is 13.8 Å². The van der Waals surface area contributed by atoms with Crippen LogP contribution in [0.4, 0.5) is 11.6 Å². The van der Waals surface area contributed by atoms with Gasteiger partial charge in [-0.25, -0.2) is 39.9 Å². The average Bonchev–Trinajstić information content (AvgIpc) is 3.79. The van der Waals surface area contributed by atoms with Crippen molar-refractivity contribution >= 4 is 79.0 Å². The Bertz CT molecular complexity index is 1950. The van der Waals surface area contributed by atoms with Crippen molar-refractivity contribution in [2.75, 3.05) is 11.5 Å². The Hall–Kier alpha value is -5.62. The minimum absolute atomic E-state index is 0. The number of nitrogens with one attached hydrogen (secondary N) is 4. The summed E-state index contributed by atoms with van der Waals surface area (Å²) in [5.41, 5.74) is 15.4. The van der Waals surface area contributed by atoms with E-state index in [0.29, 0.717) is 44.5 Å². The van der Waals surface area contributed by atoms with Gasteiger partial charge < -0.3 is 11.5 Å². The van der Waals surface area contributed by atoms with Crippen LogP contribution in [0.1, 0.15) is 41.1 Å². The number of H-pyrrole nitrogens is 4. The summed E-state index contributed by atoms with van der Waals surface area (Å²) in [4.78, 5) is 30.9. The molecule has 0 unspecified atom stereocenters. The topological polar surface area (TPSA) is 270 Å². The highest BCUT2D eigenvalue weighted by atomic mass is 35.5. The fraction of sp³-hybridized carbons (Fsp3) is 0.231. The number of aromatic amines is 4. The Morgan fingerprint density at radius 1 is 0.522 bits per heavy atom. The lowest BCUT2D eigenvalue weighted by Crippen LogP contribution is -1.91. The maximum absolute atomic E-state index is 5.79. The minimum Gasteiger partial charge on any atom is -0.383 e. The zero-order chi connectivity index (χ0) is 29.6. The molecule has 0 amide bonds. The molecule has 0 bridgehead atoms. The number of rotatable bonds is 0. The molecule has 0 saturated carbocycles. The molecule has 244 valence electrons. The first kappa shape index (κ1) is 38.4. The first-order chi connectivity index (χ1) is 20.3. The van der Waals surface area contributed by atoms with E-state index in [1.165, 1.54) is 25.3 Å². The molecule has 0 aliphatic carbocycles. The SMILES string of the molecule is C.C.C.C.Cc1[nH]nc2ncnc(Cl)c12.Cc1[nH]nc2ncnc(N)c12.Clc1ncnc2[nH]ncc12.Nc1ncnc2[nH]ncc12. The summed E-state index contributed by atoms with van der Waals surface area (Å²) in [6.07, 6.45) is 8.78. The third-order valence-electron chi connectivity index (χ3n) is 5.52. The number of fused-ring (bicyclic) bond motifs is 4. The lowest BCUT2D eigenvalue weighted by atomic mass is 10.3. The zero-order valence-electron chi connectivity index (χ0n) is 21.7. The fourth-order valence-corrected chi connectivity index (χ4v) is 3.95. The molecule has 8 aromatic heterocycles. The van der Waals surface area contributed by atoms with E-state index in [0.717, 1.165) is 32.9 Å². The van der Waals surface area contributed by atoms with Crippen LogP contribution < -0.4 is 11.5 Å². The summed E-state index contributed by atoms with van der Waals surface area (Å²) in [6, 6.07) is 0. The molecular formula is C26H36Cl2N18. The van der Waals surface area contributed by atoms with E-state index in [4.69, 9.17) is 34.7 Å². The normalized spacial score (nSPS) is 9.65. The van der Waals surface area contributed by atoms with Crippen molar-refractivity contribution < 1.29 is 0 Å². The van der Waals surface area contributed by atoms with Gasteiger partial charge in [-0.1, -0.05) is 52.9 Å². The van der Waals surface area contributed by atoms with Gasteiger partial charge in [0.2, 0.25) is 0 Å². The van der Waals surface area contributed by atoms with E-state index < -0.39 is 0 Å². The standard InChI is InChI=1S/C6H5ClN4.C6H7N5.C5H3ClN4.C5H5N5.4CH4/c2*1-3-4-5(7)8-2-9-6(4)11-10-3;2*6-4-3-1-9-10-5(3)8-2-7-4;;;;/h2H,1H3,(H,8,9,10,11);2H,1H3,(H3,7,8,9,10,11);1-2H,(H,7,8,9,10);1-2H,(H3,6,7,8,9,10);4*1H4. The summed E-state index contributed by atoms with van der Waals surface area (Å²) in [6.45, 7) is 3.76. The Balaban J connectivity index is 0.000000298. The predicted molar refractivity (Wildman–Crippen MR) is 182 cm³/mol. The molecule has 8 rings (SSSR count). The fourth-order valence-electron chi connectivity index (χ4n) is 3.50. The molecule has 0 aromatic carbocycles. The first-order valence-corrected chi connectivity index (χ1v) is 12.5. The number of nitrogen functional groups attached to an aromatic ring is 2. The Kier molecular flexibility index (Phi) is 14.2. The molecule has 0 radical (unpaired) electrons. The van der Waals surface area contributed by atoms with E-state index in [1.54, 1.807) is 12.4 Å². The van der Waals surface area contributed by atoms with E-state index in [9.17, 15) is 0 Å². The van der Waals surface area contributed by atoms with Crippen molar-refractivity contribution in [2.24, 2.45) is 0 Å². The van der Waals surface area contributed by atoms with Crippen molar-refractivity contribution in [1.29, 1.82) is 0 Å². The van der Waals surface area contributed by atoms with Gasteiger partial charge in [0.1, 0.15) is 47.3 Å². The number of anilines is 2. The van der Waals surface area contributed by atoms with Gasteiger partial charge in [0.25, 0.3) is 0 Å². The molecule has 18 nitrogen and oxygen atoms in total. The molecule has 0 aliphatic heterocycles. The van der Waals surface area contributed by atoms with Crippen LogP contribution in [0.25, 0.3) is 44.1 Å². The van der Waals surface area contributed by atoms with Crippen molar-refractivity contribution in [3.05, 3.63) is 59.4 Å². The molecule has 0 aliphatic rings. The number of halogens is 2. The van der Waals surface area contributed by atoms with Crippen LogP contribution in [0.2, 0.25) is 10.3 Å². The summed E-state index contributed by atoms with van der Waals surface area (Å²) in [7, 11) is 0. The highest BCUT2D eigenvalue weighted by Crippen LogP contribution is 2.20. The molecule has 0 fully saturated rings. The van der Waals surface area contributed by atoms with Crippen LogP contribution in [0, 0.1) is 13.8 Å². The number of nitrogens with two attached hydrogens (primary N) is 2. The second-order valence-electron chi connectivity index (χ2n) is 8.21. The summed E-state index contributed by atoms with van der Waals surface area (Å²) in [5.74, 6) is 0.931. The van der Waals surface area contributed by atoms with Crippen LogP contribution >= 0.6 is 23.2 Å². The largest absolute Gasteiger partial charge is 0.383 e. The monoisotopic (exact) mass is 670 g/mol. The highest BCUT2D eigenvalue weighted by molar-refractivity contribution is 6.34. The molecule has 46 heavy (non-hydrogen) atoms. The number of hydrogen-bond donors (Lipinski definition) is 6. The molecule has 8 aromatic rings. The summed E-state index contributed by atoms with van der Waals surface area (Å²) in [5, 5.41) is 30.3. The highest BCUT2D eigenvalue weighted by Gasteiger charge is 2.07.